The molecule has 202 valence electrons. The Morgan fingerprint density at radius 1 is 0.974 bits per heavy atom. The molecule has 0 heterocycles. The molecule has 0 bridgehead atoms. The summed E-state index contributed by atoms with van der Waals surface area (Å²) in [6.45, 7) is 0.934. The molecule has 1 N–H and O–H groups in total. The molecule has 0 spiro atoms. The number of nitrogens with zero attached hydrogens (tertiary/aromatic N) is 2. The number of sulfonamides is 1. The summed E-state index contributed by atoms with van der Waals surface area (Å²) in [5.41, 5.74) is 0.712. The number of ether oxygens (including phenoxy) is 2. The van der Waals surface area contributed by atoms with Gasteiger partial charge in [0.15, 0.2) is 0 Å². The Kier molecular flexibility index (Phi) is 9.60. The Morgan fingerprint density at radius 3 is 2.24 bits per heavy atom. The Labute approximate surface area is 228 Å². The van der Waals surface area contributed by atoms with E-state index in [2.05, 4.69) is 5.32 Å². The average Bonchev–Trinajstić information content (AvgIpc) is 2.94. The van der Waals surface area contributed by atoms with E-state index in [-0.39, 0.29) is 22.9 Å². The summed E-state index contributed by atoms with van der Waals surface area (Å²) in [4.78, 5) is 27.7. The number of methoxy groups -OCH3 is 2. The number of carbonyl (C=O) groups excluding carboxylic acids is 2. The summed E-state index contributed by atoms with van der Waals surface area (Å²) in [5, 5.41) is 2.96. The quantitative estimate of drug-likeness (QED) is 0.384. The molecule has 0 radical (unpaired) electrons. The van der Waals surface area contributed by atoms with Crippen molar-refractivity contribution in [3.8, 4) is 11.5 Å². The van der Waals surface area contributed by atoms with E-state index >= 15 is 0 Å². The third kappa shape index (κ3) is 6.38. The third-order valence-corrected chi connectivity index (χ3v) is 8.12. The van der Waals surface area contributed by atoms with Crippen molar-refractivity contribution < 1.29 is 27.5 Å². The molecule has 0 aromatic heterocycles. The van der Waals surface area contributed by atoms with Crippen LogP contribution >= 0.6 is 11.6 Å². The van der Waals surface area contributed by atoms with Crippen LogP contribution in [0.25, 0.3) is 0 Å². The number of likely N-dealkylation sites (N-methyl/N-ethyl adjacent to an activating group) is 1. The molecule has 2 amide bonds. The first-order valence-electron chi connectivity index (χ1n) is 11.7. The van der Waals surface area contributed by atoms with Gasteiger partial charge in [-0.15, -0.1) is 0 Å². The molecule has 9 nitrogen and oxygen atoms in total. The molecular weight excluding hydrogens is 530 g/mol. The lowest BCUT2D eigenvalue weighted by molar-refractivity contribution is -0.139. The first-order valence-corrected chi connectivity index (χ1v) is 13.5. The average molecular weight is 560 g/mol. The van der Waals surface area contributed by atoms with Crippen LogP contribution in [-0.4, -0.2) is 59.0 Å². The summed E-state index contributed by atoms with van der Waals surface area (Å²) in [5.74, 6) is -0.449. The van der Waals surface area contributed by atoms with E-state index in [1.54, 1.807) is 61.5 Å². The maximum Gasteiger partial charge on any atom is 0.264 e. The smallest absolute Gasteiger partial charge is 0.264 e. The minimum Gasteiger partial charge on any atom is -0.497 e. The zero-order chi connectivity index (χ0) is 27.9. The van der Waals surface area contributed by atoms with Crippen molar-refractivity contribution in [2.75, 3.05) is 32.1 Å². The highest BCUT2D eigenvalue weighted by Crippen LogP contribution is 2.36. The van der Waals surface area contributed by atoms with Crippen molar-refractivity contribution in [3.05, 3.63) is 83.4 Å². The lowest BCUT2D eigenvalue weighted by Gasteiger charge is -2.32. The Hall–Kier alpha value is -3.76. The van der Waals surface area contributed by atoms with Crippen LogP contribution in [0.1, 0.15) is 12.5 Å². The van der Waals surface area contributed by atoms with Gasteiger partial charge in [-0.2, -0.15) is 0 Å². The van der Waals surface area contributed by atoms with Crippen molar-refractivity contribution >= 4 is 39.1 Å². The monoisotopic (exact) mass is 559 g/mol. The van der Waals surface area contributed by atoms with Crippen LogP contribution in [0.15, 0.2) is 77.7 Å². The summed E-state index contributed by atoms with van der Waals surface area (Å²) < 4.78 is 39.5. The van der Waals surface area contributed by atoms with Gasteiger partial charge in [0.25, 0.3) is 10.0 Å². The molecule has 0 aliphatic heterocycles. The van der Waals surface area contributed by atoms with Crippen molar-refractivity contribution in [3.63, 3.8) is 0 Å². The minimum atomic E-state index is -4.25. The maximum absolute atomic E-state index is 13.9. The van der Waals surface area contributed by atoms with E-state index < -0.39 is 34.4 Å². The zero-order valence-electron chi connectivity index (χ0n) is 21.5. The number of benzene rings is 3. The second-order valence-electron chi connectivity index (χ2n) is 8.27. The molecule has 3 rings (SSSR count). The summed E-state index contributed by atoms with van der Waals surface area (Å²) in [6.07, 6.45) is 0. The Bertz CT molecular complexity index is 1380. The number of amides is 2. The number of hydrogen-bond donors (Lipinski definition) is 1. The predicted octanol–water partition coefficient (Wildman–Crippen LogP) is 3.72. The maximum atomic E-state index is 13.9. The minimum absolute atomic E-state index is 0.0123. The van der Waals surface area contributed by atoms with Crippen LogP contribution in [0.5, 0.6) is 11.5 Å². The van der Waals surface area contributed by atoms with Crippen molar-refractivity contribution in [1.82, 2.24) is 10.2 Å². The number of hydrogen-bond acceptors (Lipinski definition) is 6. The molecule has 11 heteroatoms. The first kappa shape index (κ1) is 28.8. The number of halogens is 1. The van der Waals surface area contributed by atoms with Crippen LogP contribution in [-0.2, 0) is 26.2 Å². The van der Waals surface area contributed by atoms with Gasteiger partial charge in [-0.3, -0.25) is 13.9 Å². The van der Waals surface area contributed by atoms with Gasteiger partial charge in [0.1, 0.15) is 24.1 Å². The molecule has 0 fully saturated rings. The third-order valence-electron chi connectivity index (χ3n) is 5.98. The number of anilines is 1. The van der Waals surface area contributed by atoms with Crippen molar-refractivity contribution in [2.24, 2.45) is 0 Å². The van der Waals surface area contributed by atoms with Gasteiger partial charge in [-0.1, -0.05) is 48.0 Å². The van der Waals surface area contributed by atoms with Crippen LogP contribution in [0, 0.1) is 0 Å². The van der Waals surface area contributed by atoms with Gasteiger partial charge in [0, 0.05) is 24.7 Å². The van der Waals surface area contributed by atoms with Crippen LogP contribution < -0.4 is 19.1 Å². The van der Waals surface area contributed by atoms with Gasteiger partial charge < -0.3 is 19.7 Å². The van der Waals surface area contributed by atoms with Crippen LogP contribution in [0.2, 0.25) is 5.02 Å². The highest BCUT2D eigenvalue weighted by molar-refractivity contribution is 7.92. The topological polar surface area (TPSA) is 105 Å². The molecule has 1 unspecified atom stereocenters. The molecule has 0 aliphatic rings. The van der Waals surface area contributed by atoms with E-state index in [0.717, 1.165) is 4.31 Å². The Balaban J connectivity index is 2.13. The summed E-state index contributed by atoms with van der Waals surface area (Å²) in [7, 11) is 0.0616. The molecule has 0 aliphatic carbocycles. The van der Waals surface area contributed by atoms with Gasteiger partial charge in [-0.25, -0.2) is 8.42 Å². The second kappa shape index (κ2) is 12.7. The van der Waals surface area contributed by atoms with E-state index in [0.29, 0.717) is 16.3 Å². The van der Waals surface area contributed by atoms with Gasteiger partial charge in [0.05, 0.1) is 24.8 Å². The summed E-state index contributed by atoms with van der Waals surface area (Å²) >= 11 is 6.34. The normalized spacial score (nSPS) is 11.8. The zero-order valence-corrected chi connectivity index (χ0v) is 23.1. The van der Waals surface area contributed by atoms with Crippen LogP contribution in [0.4, 0.5) is 5.69 Å². The molecule has 0 saturated carbocycles. The molecule has 3 aromatic carbocycles. The Morgan fingerprint density at radius 2 is 1.63 bits per heavy atom. The van der Waals surface area contributed by atoms with Gasteiger partial charge in [0.2, 0.25) is 11.8 Å². The van der Waals surface area contributed by atoms with E-state index in [4.69, 9.17) is 21.1 Å². The van der Waals surface area contributed by atoms with Crippen molar-refractivity contribution in [1.29, 1.82) is 0 Å². The number of carbonyl (C=O) groups is 2. The number of nitrogens with one attached hydrogen (secondary N) is 1. The summed E-state index contributed by atoms with van der Waals surface area (Å²) in [6, 6.07) is 18.4. The largest absolute Gasteiger partial charge is 0.497 e. The van der Waals surface area contributed by atoms with E-state index in [9.17, 15) is 18.0 Å². The SMILES string of the molecule is CNC(=O)C(C)N(Cc1ccccc1Cl)C(=O)CN(c1cc(OC)ccc1OC)S(=O)(=O)c1ccccc1. The first-order chi connectivity index (χ1) is 18.1. The standard InChI is InChI=1S/C27H30ClN3O6S/c1-19(27(33)29-2)30(17-20-10-8-9-13-23(20)28)26(32)18-31(38(34,35)22-11-6-5-7-12-22)24-16-21(36-3)14-15-25(24)37-4/h5-16,19H,17-18H2,1-4H3,(H,29,33). The van der Waals surface area contributed by atoms with Gasteiger partial charge >= 0.3 is 0 Å². The fraction of sp³-hybridized carbons (Fsp3) is 0.259. The van der Waals surface area contributed by atoms with Gasteiger partial charge in [-0.05, 0) is 42.8 Å². The highest BCUT2D eigenvalue weighted by Gasteiger charge is 2.34. The lowest BCUT2D eigenvalue weighted by atomic mass is 10.1. The fourth-order valence-corrected chi connectivity index (χ4v) is 5.46. The second-order valence-corrected chi connectivity index (χ2v) is 10.5. The van der Waals surface area contributed by atoms with Crippen LogP contribution in [0.3, 0.4) is 0 Å². The fourth-order valence-electron chi connectivity index (χ4n) is 3.83. The molecule has 1 atom stereocenters. The number of rotatable bonds is 11. The molecular formula is C27H30ClN3O6S. The van der Waals surface area contributed by atoms with Crippen molar-refractivity contribution in [2.45, 2.75) is 24.4 Å². The molecule has 3 aromatic rings. The molecule has 0 saturated heterocycles. The van der Waals surface area contributed by atoms with E-state index in [1.165, 1.54) is 44.4 Å². The van der Waals surface area contributed by atoms with E-state index in [1.807, 2.05) is 0 Å². The predicted molar refractivity (Wildman–Crippen MR) is 146 cm³/mol. The lowest BCUT2D eigenvalue weighted by Crippen LogP contribution is -2.50. The highest BCUT2D eigenvalue weighted by atomic mass is 35.5. The molecule has 38 heavy (non-hydrogen) atoms.